The number of carboxylic acid groups (broad SMARTS) is 1. The van der Waals surface area contributed by atoms with Crippen LogP contribution in [0.15, 0.2) is 52.4 Å². The van der Waals surface area contributed by atoms with Crippen molar-refractivity contribution in [1.82, 2.24) is 14.0 Å². The first-order valence-electron chi connectivity index (χ1n) is 11.3. The van der Waals surface area contributed by atoms with Crippen LogP contribution in [-0.4, -0.2) is 69.5 Å². The summed E-state index contributed by atoms with van der Waals surface area (Å²) in [4.78, 5) is 16.7. The predicted molar refractivity (Wildman–Crippen MR) is 134 cm³/mol. The molecule has 4 rings (SSSR count). The van der Waals surface area contributed by atoms with Crippen molar-refractivity contribution in [2.45, 2.75) is 35.6 Å². The molecule has 2 heterocycles. The number of aromatic nitrogens is 1. The zero-order valence-corrected chi connectivity index (χ0v) is 21.2. The van der Waals surface area contributed by atoms with Gasteiger partial charge in [0.2, 0.25) is 20.0 Å². The molecule has 1 saturated heterocycles. The van der Waals surface area contributed by atoms with Crippen LogP contribution in [0, 0.1) is 17.8 Å². The third-order valence-electron chi connectivity index (χ3n) is 6.00. The van der Waals surface area contributed by atoms with E-state index in [-0.39, 0.29) is 28.7 Å². The van der Waals surface area contributed by atoms with Crippen molar-refractivity contribution in [2.75, 3.05) is 36.4 Å². The number of nitrogens with one attached hydrogen (secondary N) is 2. The van der Waals surface area contributed by atoms with Gasteiger partial charge in [-0.05, 0) is 62.1 Å². The van der Waals surface area contributed by atoms with Gasteiger partial charge in [0.15, 0.2) is 0 Å². The predicted octanol–water partition coefficient (Wildman–Crippen LogP) is 1.76. The fraction of sp³-hybridized carbons (Fsp3) is 0.391. The lowest BCUT2D eigenvalue weighted by Crippen LogP contribution is -2.54. The Morgan fingerprint density at radius 3 is 2.36 bits per heavy atom. The van der Waals surface area contributed by atoms with E-state index in [1.165, 1.54) is 16.4 Å². The van der Waals surface area contributed by atoms with Crippen LogP contribution in [0.2, 0.25) is 0 Å². The molecule has 2 fully saturated rings. The number of piperazine rings is 1. The largest absolute Gasteiger partial charge is 0.465 e. The maximum Gasteiger partial charge on any atom is 0.410 e. The standard InChI is InChI=1S/C23H27N5O6S2/c1-2-3-19-16-27(36(33,34)21-10-11-22(24-15-21)26-23(29)30)12-13-28(19)18-6-8-20(9-7-18)35(31,32)25-14-17-4-5-17/h6-11,15,17,19,25H,4-5,12-14,16H2,1H3,(H,24,26)(H,29,30)/t19-/m0/s1. The third-order valence-corrected chi connectivity index (χ3v) is 9.29. The second-order valence-corrected chi connectivity index (χ2v) is 12.3. The second kappa shape index (κ2) is 10.4. The number of anilines is 2. The van der Waals surface area contributed by atoms with Crippen molar-refractivity contribution in [3.05, 3.63) is 42.6 Å². The van der Waals surface area contributed by atoms with Gasteiger partial charge in [0.1, 0.15) is 16.8 Å². The summed E-state index contributed by atoms with van der Waals surface area (Å²) in [5, 5.41) is 10.8. The van der Waals surface area contributed by atoms with E-state index in [4.69, 9.17) is 5.11 Å². The number of rotatable bonds is 8. The van der Waals surface area contributed by atoms with Crippen molar-refractivity contribution < 1.29 is 26.7 Å². The molecule has 36 heavy (non-hydrogen) atoms. The van der Waals surface area contributed by atoms with Gasteiger partial charge in [0.25, 0.3) is 0 Å². The van der Waals surface area contributed by atoms with Crippen molar-refractivity contribution in [1.29, 1.82) is 0 Å². The summed E-state index contributed by atoms with van der Waals surface area (Å²) in [5.41, 5.74) is 0.742. The van der Waals surface area contributed by atoms with E-state index in [1.807, 2.05) is 4.90 Å². The second-order valence-electron chi connectivity index (χ2n) is 8.57. The minimum absolute atomic E-state index is 0.0224. The summed E-state index contributed by atoms with van der Waals surface area (Å²) in [6.07, 6.45) is 1.92. The van der Waals surface area contributed by atoms with Gasteiger partial charge in [0.05, 0.1) is 4.90 Å². The van der Waals surface area contributed by atoms with Crippen LogP contribution in [0.1, 0.15) is 19.8 Å². The Balaban J connectivity index is 1.48. The van der Waals surface area contributed by atoms with Crippen molar-refractivity contribution in [3.63, 3.8) is 0 Å². The molecular weight excluding hydrogens is 506 g/mol. The van der Waals surface area contributed by atoms with Crippen LogP contribution in [-0.2, 0) is 20.0 Å². The van der Waals surface area contributed by atoms with E-state index in [1.54, 1.807) is 31.2 Å². The molecule has 1 aromatic heterocycles. The molecular formula is C23H27N5O6S2. The number of amides is 1. The Morgan fingerprint density at radius 2 is 1.78 bits per heavy atom. The summed E-state index contributed by atoms with van der Waals surface area (Å²) >= 11 is 0. The van der Waals surface area contributed by atoms with E-state index < -0.39 is 32.2 Å². The van der Waals surface area contributed by atoms with Crippen LogP contribution in [0.25, 0.3) is 0 Å². The molecule has 0 bridgehead atoms. The summed E-state index contributed by atoms with van der Waals surface area (Å²) in [6, 6.07) is 8.64. The summed E-state index contributed by atoms with van der Waals surface area (Å²) < 4.78 is 55.4. The molecule has 1 aliphatic carbocycles. The summed E-state index contributed by atoms with van der Waals surface area (Å²) in [6.45, 7) is 2.74. The topological polar surface area (TPSA) is 149 Å². The molecule has 0 radical (unpaired) electrons. The molecule has 13 heteroatoms. The first kappa shape index (κ1) is 25.9. The Hall–Kier alpha value is -3.18. The molecule has 2 aliphatic rings. The highest BCUT2D eigenvalue weighted by atomic mass is 32.2. The van der Waals surface area contributed by atoms with Gasteiger partial charge >= 0.3 is 6.09 Å². The van der Waals surface area contributed by atoms with Gasteiger partial charge in [-0.15, -0.1) is 5.92 Å². The quantitative estimate of drug-likeness (QED) is 0.435. The van der Waals surface area contributed by atoms with Gasteiger partial charge in [-0.25, -0.2) is 31.3 Å². The van der Waals surface area contributed by atoms with Crippen LogP contribution in [0.3, 0.4) is 0 Å². The molecule has 1 saturated carbocycles. The van der Waals surface area contributed by atoms with Gasteiger partial charge in [-0.3, -0.25) is 5.32 Å². The molecule has 0 spiro atoms. The number of pyridine rings is 1. The van der Waals surface area contributed by atoms with Crippen LogP contribution >= 0.6 is 0 Å². The van der Waals surface area contributed by atoms with Gasteiger partial charge in [-0.2, -0.15) is 4.31 Å². The summed E-state index contributed by atoms with van der Waals surface area (Å²) in [7, 11) is -7.47. The zero-order chi connectivity index (χ0) is 25.9. The molecule has 1 amide bonds. The fourth-order valence-corrected chi connectivity index (χ4v) is 6.39. The Morgan fingerprint density at radius 1 is 1.08 bits per heavy atom. The maximum absolute atomic E-state index is 13.2. The van der Waals surface area contributed by atoms with E-state index >= 15 is 0 Å². The Bertz CT molecular complexity index is 1380. The fourth-order valence-electron chi connectivity index (χ4n) is 3.89. The maximum atomic E-state index is 13.2. The third kappa shape index (κ3) is 5.96. The summed E-state index contributed by atoms with van der Waals surface area (Å²) in [5.74, 6) is 6.35. The SMILES string of the molecule is CC#C[C@H]1CN(S(=O)(=O)c2ccc(NC(=O)O)nc2)CCN1c1ccc(S(=O)(=O)NCC2CC2)cc1. The van der Waals surface area contributed by atoms with E-state index in [9.17, 15) is 21.6 Å². The molecule has 192 valence electrons. The van der Waals surface area contributed by atoms with Crippen molar-refractivity contribution in [3.8, 4) is 11.8 Å². The molecule has 11 nitrogen and oxygen atoms in total. The van der Waals surface area contributed by atoms with Crippen molar-refractivity contribution in [2.24, 2.45) is 5.92 Å². The van der Waals surface area contributed by atoms with Crippen LogP contribution < -0.4 is 14.9 Å². The lowest BCUT2D eigenvalue weighted by Gasteiger charge is -2.39. The number of hydrogen-bond donors (Lipinski definition) is 3. The minimum Gasteiger partial charge on any atom is -0.465 e. The molecule has 2 aromatic rings. The zero-order valence-electron chi connectivity index (χ0n) is 19.6. The number of benzene rings is 1. The highest BCUT2D eigenvalue weighted by Crippen LogP contribution is 2.29. The Labute approximate surface area is 210 Å². The van der Waals surface area contributed by atoms with E-state index in [0.717, 1.165) is 24.7 Å². The van der Waals surface area contributed by atoms with E-state index in [2.05, 4.69) is 26.9 Å². The van der Waals surface area contributed by atoms with Gasteiger partial charge in [-0.1, -0.05) is 5.92 Å². The van der Waals surface area contributed by atoms with Gasteiger partial charge < -0.3 is 10.0 Å². The molecule has 0 unspecified atom stereocenters. The number of hydrogen-bond acceptors (Lipinski definition) is 7. The highest BCUT2D eigenvalue weighted by molar-refractivity contribution is 7.89. The smallest absolute Gasteiger partial charge is 0.410 e. The molecule has 3 N–H and O–H groups in total. The minimum atomic E-state index is -3.88. The van der Waals surface area contributed by atoms with Crippen LogP contribution in [0.4, 0.5) is 16.3 Å². The normalized spacial score (nSPS) is 18.8. The van der Waals surface area contributed by atoms with Crippen molar-refractivity contribution >= 4 is 37.6 Å². The molecule has 1 aliphatic heterocycles. The van der Waals surface area contributed by atoms with Gasteiger partial charge in [0, 0.05) is 38.1 Å². The monoisotopic (exact) mass is 533 g/mol. The average Bonchev–Trinajstić information content (AvgIpc) is 3.68. The number of carbonyl (C=O) groups is 1. The lowest BCUT2D eigenvalue weighted by atomic mass is 10.1. The first-order chi connectivity index (χ1) is 17.1. The van der Waals surface area contributed by atoms with Crippen LogP contribution in [0.5, 0.6) is 0 Å². The molecule has 1 aromatic carbocycles. The number of nitrogens with zero attached hydrogens (tertiary/aromatic N) is 3. The molecule has 1 atom stereocenters. The average molecular weight is 534 g/mol. The number of sulfonamides is 2. The van der Waals surface area contributed by atoms with E-state index in [0.29, 0.717) is 19.0 Å². The first-order valence-corrected chi connectivity index (χ1v) is 14.3. The highest BCUT2D eigenvalue weighted by Gasteiger charge is 2.34. The lowest BCUT2D eigenvalue weighted by molar-refractivity contribution is 0.209. The Kier molecular flexibility index (Phi) is 7.51.